The van der Waals surface area contributed by atoms with E-state index in [0.29, 0.717) is 29.4 Å². The Bertz CT molecular complexity index is 663. The third-order valence-electron chi connectivity index (χ3n) is 3.67. The van der Waals surface area contributed by atoms with Gasteiger partial charge in [-0.3, -0.25) is 4.79 Å². The topological polar surface area (TPSA) is 89.7 Å². The van der Waals surface area contributed by atoms with Gasteiger partial charge in [0, 0.05) is 18.1 Å². The summed E-state index contributed by atoms with van der Waals surface area (Å²) in [5.41, 5.74) is 0.381. The predicted molar refractivity (Wildman–Crippen MR) is 84.6 cm³/mol. The predicted octanol–water partition coefficient (Wildman–Crippen LogP) is 1.49. The molecule has 1 amide bonds. The minimum atomic E-state index is -3.54. The van der Waals surface area contributed by atoms with Crippen LogP contribution in [0.15, 0.2) is 18.2 Å². The minimum absolute atomic E-state index is 0.108. The third-order valence-corrected chi connectivity index (χ3v) is 4.84. The zero-order chi connectivity index (χ0) is 16.3. The van der Waals surface area contributed by atoms with Crippen LogP contribution in [0.3, 0.4) is 0 Å². The lowest BCUT2D eigenvalue weighted by Gasteiger charge is -2.32. The molecule has 1 aromatic carbocycles. The van der Waals surface area contributed by atoms with E-state index >= 15 is 0 Å². The van der Waals surface area contributed by atoms with Crippen molar-refractivity contribution >= 4 is 27.5 Å². The first-order valence-corrected chi connectivity index (χ1v) is 9.03. The number of amides is 1. The van der Waals surface area contributed by atoms with Gasteiger partial charge >= 0.3 is 0 Å². The van der Waals surface area contributed by atoms with Crippen molar-refractivity contribution in [2.75, 3.05) is 26.0 Å². The van der Waals surface area contributed by atoms with Crippen molar-refractivity contribution in [3.8, 4) is 5.75 Å². The number of nitrogens with zero attached hydrogens (tertiary/aromatic N) is 1. The molecular weight excluding hydrogens is 328 g/mol. The minimum Gasteiger partial charge on any atom is -0.496 e. The zero-order valence-electron chi connectivity index (χ0n) is 12.3. The lowest BCUT2D eigenvalue weighted by molar-refractivity contribution is 0.0681. The standard InChI is InChI=1S/C14H19ClN2O4S/c1-21-13-5-4-11(15)7-12(13)14(18)17-6-2-3-10(8-17)9-22(16,19)20/h4-5,7,10H,2-3,6,8-9H2,1H3,(H2,16,19,20)/t10-/m0/s1. The molecule has 1 heterocycles. The molecule has 0 aliphatic carbocycles. The van der Waals surface area contributed by atoms with E-state index in [2.05, 4.69) is 0 Å². The normalized spacial score (nSPS) is 19.0. The fraction of sp³-hybridized carbons (Fsp3) is 0.500. The van der Waals surface area contributed by atoms with Crippen LogP contribution in [-0.2, 0) is 10.0 Å². The molecule has 0 bridgehead atoms. The molecule has 0 spiro atoms. The molecule has 1 atom stereocenters. The molecule has 1 saturated heterocycles. The number of halogens is 1. The average Bonchev–Trinajstić information content (AvgIpc) is 2.45. The van der Waals surface area contributed by atoms with E-state index in [1.54, 1.807) is 23.1 Å². The van der Waals surface area contributed by atoms with E-state index in [0.717, 1.165) is 12.8 Å². The van der Waals surface area contributed by atoms with Gasteiger partial charge in [0.1, 0.15) is 5.75 Å². The Morgan fingerprint density at radius 1 is 1.50 bits per heavy atom. The first-order chi connectivity index (χ1) is 10.3. The number of hydrogen-bond donors (Lipinski definition) is 1. The molecule has 2 rings (SSSR count). The van der Waals surface area contributed by atoms with Gasteiger partial charge in [-0.2, -0.15) is 0 Å². The van der Waals surface area contributed by atoms with Crippen molar-refractivity contribution in [2.24, 2.45) is 11.1 Å². The lowest BCUT2D eigenvalue weighted by atomic mass is 9.99. The Morgan fingerprint density at radius 3 is 2.86 bits per heavy atom. The molecule has 8 heteroatoms. The van der Waals surface area contributed by atoms with Crippen molar-refractivity contribution in [1.29, 1.82) is 0 Å². The van der Waals surface area contributed by atoms with Crippen LogP contribution in [0.1, 0.15) is 23.2 Å². The van der Waals surface area contributed by atoms with Crippen LogP contribution in [-0.4, -0.2) is 45.2 Å². The molecule has 122 valence electrons. The maximum atomic E-state index is 12.6. The highest BCUT2D eigenvalue weighted by molar-refractivity contribution is 7.89. The number of carbonyl (C=O) groups is 1. The molecule has 0 radical (unpaired) electrons. The smallest absolute Gasteiger partial charge is 0.257 e. The highest BCUT2D eigenvalue weighted by Crippen LogP contribution is 2.26. The van der Waals surface area contributed by atoms with E-state index in [1.807, 2.05) is 0 Å². The Morgan fingerprint density at radius 2 is 2.23 bits per heavy atom. The van der Waals surface area contributed by atoms with Gasteiger partial charge in [-0.1, -0.05) is 11.6 Å². The van der Waals surface area contributed by atoms with Crippen LogP contribution in [0.5, 0.6) is 5.75 Å². The Kier molecular flexibility index (Phi) is 5.31. The average molecular weight is 347 g/mol. The number of likely N-dealkylation sites (tertiary alicyclic amines) is 1. The van der Waals surface area contributed by atoms with Gasteiger partial charge in [0.2, 0.25) is 10.0 Å². The second kappa shape index (κ2) is 6.85. The number of carbonyl (C=O) groups excluding carboxylic acids is 1. The molecule has 22 heavy (non-hydrogen) atoms. The summed E-state index contributed by atoms with van der Waals surface area (Å²) in [6.07, 6.45) is 1.49. The van der Waals surface area contributed by atoms with Crippen molar-refractivity contribution in [1.82, 2.24) is 4.90 Å². The van der Waals surface area contributed by atoms with Gasteiger partial charge in [0.05, 0.1) is 18.4 Å². The first kappa shape index (κ1) is 17.1. The third kappa shape index (κ3) is 4.34. The molecule has 0 aromatic heterocycles. The van der Waals surface area contributed by atoms with Crippen molar-refractivity contribution in [2.45, 2.75) is 12.8 Å². The van der Waals surface area contributed by atoms with E-state index in [9.17, 15) is 13.2 Å². The first-order valence-electron chi connectivity index (χ1n) is 6.93. The quantitative estimate of drug-likeness (QED) is 0.894. The monoisotopic (exact) mass is 346 g/mol. The number of piperidine rings is 1. The van der Waals surface area contributed by atoms with E-state index < -0.39 is 10.0 Å². The highest BCUT2D eigenvalue weighted by Gasteiger charge is 2.28. The zero-order valence-corrected chi connectivity index (χ0v) is 13.9. The summed E-state index contributed by atoms with van der Waals surface area (Å²) in [5, 5.41) is 5.54. The molecule has 1 aliphatic rings. The second-order valence-electron chi connectivity index (χ2n) is 5.43. The molecule has 1 aliphatic heterocycles. The number of ether oxygens (including phenoxy) is 1. The maximum Gasteiger partial charge on any atom is 0.257 e. The number of benzene rings is 1. The summed E-state index contributed by atoms with van der Waals surface area (Å²) in [7, 11) is -2.05. The number of sulfonamides is 1. The Labute approximate surface area is 135 Å². The Hall–Kier alpha value is -1.31. The van der Waals surface area contributed by atoms with E-state index in [1.165, 1.54) is 7.11 Å². The van der Waals surface area contributed by atoms with Gasteiger partial charge < -0.3 is 9.64 Å². The molecule has 0 saturated carbocycles. The fourth-order valence-electron chi connectivity index (χ4n) is 2.73. The molecule has 1 aromatic rings. The number of hydrogen-bond acceptors (Lipinski definition) is 4. The van der Waals surface area contributed by atoms with E-state index in [4.69, 9.17) is 21.5 Å². The Balaban J connectivity index is 2.17. The van der Waals surface area contributed by atoms with Crippen LogP contribution in [0.4, 0.5) is 0 Å². The SMILES string of the molecule is COc1ccc(Cl)cc1C(=O)N1CCC[C@H](CS(N)(=O)=O)C1. The number of nitrogens with two attached hydrogens (primary N) is 1. The molecule has 2 N–H and O–H groups in total. The molecule has 6 nitrogen and oxygen atoms in total. The fourth-order valence-corrected chi connectivity index (χ4v) is 3.83. The van der Waals surface area contributed by atoms with Crippen molar-refractivity contribution < 1.29 is 17.9 Å². The molecule has 0 unspecified atom stereocenters. The van der Waals surface area contributed by atoms with Gasteiger partial charge in [0.15, 0.2) is 0 Å². The lowest BCUT2D eigenvalue weighted by Crippen LogP contribution is -2.42. The van der Waals surface area contributed by atoms with E-state index in [-0.39, 0.29) is 17.6 Å². The summed E-state index contributed by atoms with van der Waals surface area (Å²) in [5.74, 6) is -0.0111. The van der Waals surface area contributed by atoms with Crippen LogP contribution < -0.4 is 9.88 Å². The summed E-state index contributed by atoms with van der Waals surface area (Å²) >= 11 is 5.95. The van der Waals surface area contributed by atoms with Crippen molar-refractivity contribution in [3.63, 3.8) is 0 Å². The summed E-state index contributed by atoms with van der Waals surface area (Å²) in [4.78, 5) is 14.3. The van der Waals surface area contributed by atoms with Crippen molar-refractivity contribution in [3.05, 3.63) is 28.8 Å². The maximum absolute atomic E-state index is 12.6. The highest BCUT2D eigenvalue weighted by atomic mass is 35.5. The van der Waals surface area contributed by atoms with Crippen LogP contribution in [0.25, 0.3) is 0 Å². The second-order valence-corrected chi connectivity index (χ2v) is 7.53. The van der Waals surface area contributed by atoms with Crippen LogP contribution in [0, 0.1) is 5.92 Å². The summed E-state index contributed by atoms with van der Waals surface area (Å²) < 4.78 is 27.7. The largest absolute Gasteiger partial charge is 0.496 e. The van der Waals surface area contributed by atoms with Gasteiger partial charge in [0.25, 0.3) is 5.91 Å². The molecule has 1 fully saturated rings. The van der Waals surface area contributed by atoms with Gasteiger partial charge in [-0.05, 0) is 37.0 Å². The summed E-state index contributed by atoms with van der Waals surface area (Å²) in [6.45, 7) is 0.945. The summed E-state index contributed by atoms with van der Waals surface area (Å²) in [6, 6.07) is 4.85. The number of primary sulfonamides is 1. The van der Waals surface area contributed by atoms with Crippen LogP contribution in [0.2, 0.25) is 5.02 Å². The number of methoxy groups -OCH3 is 1. The number of rotatable bonds is 4. The van der Waals surface area contributed by atoms with Gasteiger partial charge in [-0.15, -0.1) is 0 Å². The van der Waals surface area contributed by atoms with Gasteiger partial charge in [-0.25, -0.2) is 13.6 Å². The molecular formula is C14H19ClN2O4S. The van der Waals surface area contributed by atoms with Crippen LogP contribution >= 0.6 is 11.6 Å².